The monoisotopic (exact) mass is 1570 g/mol. The molecule has 5 fully saturated rings. The molecular formula is C72H83Cl4N13O11Sn. The van der Waals surface area contributed by atoms with Crippen molar-refractivity contribution in [1.82, 2.24) is 49.2 Å². The Labute approximate surface area is 615 Å². The van der Waals surface area contributed by atoms with Crippen molar-refractivity contribution in [3.8, 4) is 0 Å². The van der Waals surface area contributed by atoms with Gasteiger partial charge in [0.1, 0.15) is 28.4 Å². The van der Waals surface area contributed by atoms with Crippen LogP contribution in [-0.4, -0.2) is 148 Å². The number of azide groups is 1. The molecule has 534 valence electrons. The summed E-state index contributed by atoms with van der Waals surface area (Å²) >= 11 is 12.4. The second kappa shape index (κ2) is 32.2. The van der Waals surface area contributed by atoms with Gasteiger partial charge in [0.15, 0.2) is 0 Å². The number of carbonyl (C=O) groups is 6. The number of hydrogen-bond acceptors (Lipinski definition) is 16. The van der Waals surface area contributed by atoms with Gasteiger partial charge in [-0.05, 0) is 217 Å². The van der Waals surface area contributed by atoms with Crippen molar-refractivity contribution >= 4 is 119 Å². The van der Waals surface area contributed by atoms with E-state index in [-0.39, 0.29) is 48.7 Å². The fourth-order valence-electron chi connectivity index (χ4n) is 13.2. The van der Waals surface area contributed by atoms with Crippen LogP contribution in [0.3, 0.4) is 0 Å². The van der Waals surface area contributed by atoms with E-state index in [0.29, 0.717) is 41.3 Å². The van der Waals surface area contributed by atoms with Gasteiger partial charge in [-0.1, -0.05) is 57.6 Å². The van der Waals surface area contributed by atoms with Crippen molar-refractivity contribution in [3.05, 3.63) is 175 Å². The number of carbonyl (C=O) groups excluding carboxylic acids is 6. The van der Waals surface area contributed by atoms with Gasteiger partial charge >= 0.3 is 61.2 Å². The molecule has 2 radical (unpaired) electrons. The first kappa shape index (κ1) is 75.8. The summed E-state index contributed by atoms with van der Waals surface area (Å²) in [5, 5.41) is 9.06. The quantitative estimate of drug-likeness (QED) is 0.0240. The predicted molar refractivity (Wildman–Crippen MR) is 384 cm³/mol. The Morgan fingerprint density at radius 3 is 1.52 bits per heavy atom. The number of piperidine rings is 2. The molecule has 4 unspecified atom stereocenters. The molecule has 0 spiro atoms. The minimum atomic E-state index is -0.987. The topological polar surface area (TPSA) is 280 Å². The molecule has 0 bridgehead atoms. The zero-order valence-corrected chi connectivity index (χ0v) is 64.0. The fourth-order valence-corrected chi connectivity index (χ4v) is 13.6. The SMILES string of the molecule is CC1(OC(=O)ON2C(=O)CCC2=O)CC1.Cn1cncc1C(N=[N+]=[N-])C1=Cc2cccnc2C(C2CCN(C(=O)OC(C)(C)C)CC2)c2ccc(Cl)cc21.Cn1cncc1C(NC(=O)OC1(C)CC1)C1=Cc2cccnc2C(C2CCN(C(=O)OC(C)(C)C)CC2)c2ccc(Cl)cc21.[Cl][Sn][Cl]. The molecule has 13 rings (SSSR count). The standard InChI is InChI=1S/C34H40ClN5O4.C29H32ClN7O2.C9H11NO5.2ClH.Sn/c1-33(2,3)44-32(42)40-15-10-21(11-16-40)28-24-9-8-23(35)18-25(24)26(17-22-7-6-14-37-29(22)28)30(27-19-36-20-39(27)5)38-31(41)43-34(4)12-13-34;1-29(2,3)39-28(38)37-12-9-18(10-13-37)25-21-8-7-20(30)15-22(21)23(14-19-6-5-11-33-26(19)25)27(34-35-31)24-16-32-17-36(24)4;1-9(4-5-9)14-8(13)15-10-6(11)2-3-7(10)12;;;/h6-9,14,17-21,28,30H,10-13,15-16H2,1-5H3,(H,38,41);5-8,11,14-18,25,27H,9-10,12-13H2,1-4H3;2-5H2,1H3;2*1H;/q;;;;;+2/p-2. The van der Waals surface area contributed by atoms with E-state index in [1.54, 1.807) is 41.8 Å². The Morgan fingerprint density at radius 2 is 1.10 bits per heavy atom. The summed E-state index contributed by atoms with van der Waals surface area (Å²) in [6.45, 7) is 17.4. The maximum absolute atomic E-state index is 13.3. The van der Waals surface area contributed by atoms with Gasteiger partial charge in [-0.3, -0.25) is 24.4 Å². The van der Waals surface area contributed by atoms with E-state index in [1.165, 1.54) is 0 Å². The molecule has 101 heavy (non-hydrogen) atoms. The van der Waals surface area contributed by atoms with Crippen LogP contribution in [-0.2, 0) is 47.5 Å². The Morgan fingerprint density at radius 1 is 0.663 bits per heavy atom. The number of imide groups is 1. The summed E-state index contributed by atoms with van der Waals surface area (Å²) in [5.74, 6) is -0.618. The number of hydroxylamine groups is 2. The molecular weight excluding hydrogens is 1480 g/mol. The third kappa shape index (κ3) is 19.1. The molecule has 3 saturated heterocycles. The summed E-state index contributed by atoms with van der Waals surface area (Å²) in [7, 11) is 13.7. The number of benzene rings is 2. The normalized spacial score (nSPS) is 19.3. The first-order valence-electron chi connectivity index (χ1n) is 33.6. The van der Waals surface area contributed by atoms with Gasteiger partial charge in [-0.15, -0.1) is 0 Å². The van der Waals surface area contributed by atoms with E-state index < -0.39 is 77.4 Å². The summed E-state index contributed by atoms with van der Waals surface area (Å²) < 4.78 is 25.8. The third-order valence-corrected chi connectivity index (χ3v) is 19.1. The summed E-state index contributed by atoms with van der Waals surface area (Å²) in [6.07, 6.45) is 19.4. The zero-order chi connectivity index (χ0) is 72.7. The summed E-state index contributed by atoms with van der Waals surface area (Å²) in [6, 6.07) is 18.7. The number of ether oxygens (including phenoxy) is 4. The molecule has 29 heteroatoms. The maximum atomic E-state index is 13.3. The van der Waals surface area contributed by atoms with Crippen LogP contribution >= 0.6 is 41.0 Å². The molecule has 4 aromatic heterocycles. The van der Waals surface area contributed by atoms with E-state index in [9.17, 15) is 34.3 Å². The van der Waals surface area contributed by atoms with Crippen LogP contribution in [0.5, 0.6) is 0 Å². The predicted octanol–water partition coefficient (Wildman–Crippen LogP) is 16.0. The van der Waals surface area contributed by atoms with Gasteiger partial charge in [-0.25, -0.2) is 29.1 Å². The first-order valence-corrected chi connectivity index (χ1v) is 41.5. The Balaban J connectivity index is 0.000000176. The molecule has 7 heterocycles. The number of aryl methyl sites for hydroxylation is 2. The Kier molecular flexibility index (Phi) is 24.2. The van der Waals surface area contributed by atoms with Crippen LogP contribution in [0.4, 0.5) is 19.2 Å². The number of fused-ring (bicyclic) bond motifs is 4. The third-order valence-electron chi connectivity index (χ3n) is 18.7. The molecule has 2 saturated carbocycles. The van der Waals surface area contributed by atoms with Crippen molar-refractivity contribution in [2.24, 2.45) is 31.0 Å². The van der Waals surface area contributed by atoms with E-state index >= 15 is 0 Å². The number of nitrogens with zero attached hydrogens (tertiary/aromatic N) is 12. The number of hydrogen-bond donors (Lipinski definition) is 1. The van der Waals surface area contributed by atoms with Crippen molar-refractivity contribution in [3.63, 3.8) is 0 Å². The van der Waals surface area contributed by atoms with Gasteiger partial charge in [0.05, 0.1) is 47.7 Å². The van der Waals surface area contributed by atoms with Gasteiger partial charge in [0, 0.05) is 98.5 Å². The van der Waals surface area contributed by atoms with Crippen LogP contribution in [0.2, 0.25) is 10.0 Å². The molecule has 4 atom stereocenters. The fraction of sp³-hybridized carbons (Fsp3) is 0.472. The molecule has 6 aromatic rings. The average Bonchev–Trinajstić information content (AvgIpc) is 1.41. The van der Waals surface area contributed by atoms with E-state index in [2.05, 4.69) is 66.6 Å². The number of nitrogens with one attached hydrogen (secondary N) is 1. The average molecular weight is 1570 g/mol. The van der Waals surface area contributed by atoms with Gasteiger partial charge in [0.25, 0.3) is 11.8 Å². The second-order valence-corrected chi connectivity index (χ2v) is 33.7. The Bertz CT molecular complexity index is 4160. The molecule has 7 aliphatic rings. The van der Waals surface area contributed by atoms with Crippen molar-refractivity contribution in [2.75, 3.05) is 26.2 Å². The van der Waals surface area contributed by atoms with Gasteiger partial charge in [0.2, 0.25) is 0 Å². The molecule has 4 aliphatic carbocycles. The van der Waals surface area contributed by atoms with E-state index in [4.69, 9.17) is 70.0 Å². The molecule has 24 nitrogen and oxygen atoms in total. The Hall–Kier alpha value is -7.87. The second-order valence-electron chi connectivity index (χ2n) is 28.6. The number of pyridine rings is 2. The van der Waals surface area contributed by atoms with Crippen LogP contribution in [0.25, 0.3) is 33.7 Å². The molecule has 5 amide bonds. The van der Waals surface area contributed by atoms with E-state index in [1.807, 2.05) is 120 Å². The zero-order valence-electron chi connectivity index (χ0n) is 58.1. The van der Waals surface area contributed by atoms with Crippen LogP contribution < -0.4 is 5.32 Å². The summed E-state index contributed by atoms with van der Waals surface area (Å²) in [5.41, 5.74) is 18.8. The number of rotatable bonds is 11. The molecule has 2 aromatic carbocycles. The van der Waals surface area contributed by atoms with Crippen LogP contribution in [0, 0.1) is 11.8 Å². The number of halogens is 4. The molecule has 1 N–H and O–H groups in total. The number of likely N-dealkylation sites (tertiary alicyclic amines) is 2. The van der Waals surface area contributed by atoms with Crippen molar-refractivity contribution in [2.45, 2.75) is 166 Å². The number of amides is 5. The van der Waals surface area contributed by atoms with Crippen LogP contribution in [0.1, 0.15) is 200 Å². The molecule has 3 aliphatic heterocycles. The van der Waals surface area contributed by atoms with Gasteiger partial charge in [-0.2, -0.15) is 0 Å². The number of imidazole rings is 2. The first-order chi connectivity index (χ1) is 48.0. The number of aromatic nitrogens is 6. The van der Waals surface area contributed by atoms with E-state index in [0.717, 1.165) is 119 Å². The minimum absolute atomic E-state index is 0.0266. The number of alkyl carbamates (subject to hydrolysis) is 1. The van der Waals surface area contributed by atoms with Gasteiger partial charge < -0.3 is 43.2 Å². The van der Waals surface area contributed by atoms with Crippen molar-refractivity contribution in [1.29, 1.82) is 0 Å². The van der Waals surface area contributed by atoms with Crippen LogP contribution in [0.15, 0.2) is 103 Å². The summed E-state index contributed by atoms with van der Waals surface area (Å²) in [4.78, 5) is 102. The van der Waals surface area contributed by atoms with Crippen molar-refractivity contribution < 1.29 is 52.6 Å².